The Hall–Kier alpha value is -6.13. The van der Waals surface area contributed by atoms with Gasteiger partial charge in [0.1, 0.15) is 5.82 Å². The number of nitrogens with zero attached hydrogens (tertiary/aromatic N) is 3. The first-order valence-electron chi connectivity index (χ1n) is 15.5. The zero-order valence-corrected chi connectivity index (χ0v) is 24.9. The topological polar surface area (TPSA) is 13.1 Å². The fourth-order valence-electron chi connectivity index (χ4n) is 6.97. The molecule has 9 rings (SSSR count). The van der Waals surface area contributed by atoms with E-state index in [2.05, 4.69) is 147 Å². The van der Waals surface area contributed by atoms with Gasteiger partial charge in [0.15, 0.2) is 0 Å². The van der Waals surface area contributed by atoms with Crippen LogP contribution < -0.4 is 4.90 Å². The van der Waals surface area contributed by atoms with E-state index >= 15 is 0 Å². The normalized spacial score (nSPS) is 11.6. The number of halogens is 1. The Bertz CT molecular complexity index is 2390. The number of hydrogen-bond acceptors (Lipinski definition) is 1. The first kappa shape index (κ1) is 26.3. The molecule has 4 heteroatoms. The first-order valence-corrected chi connectivity index (χ1v) is 15.5. The van der Waals surface area contributed by atoms with Gasteiger partial charge < -0.3 is 14.0 Å². The van der Waals surface area contributed by atoms with Gasteiger partial charge in [0.05, 0.1) is 22.1 Å². The number of rotatable bonds is 5. The summed E-state index contributed by atoms with van der Waals surface area (Å²) < 4.78 is 19.5. The molecule has 0 saturated heterocycles. The van der Waals surface area contributed by atoms with Crippen molar-refractivity contribution < 1.29 is 4.39 Å². The highest BCUT2D eigenvalue weighted by Crippen LogP contribution is 2.42. The average molecular weight is 594 g/mol. The smallest absolute Gasteiger partial charge is 0.125 e. The van der Waals surface area contributed by atoms with Crippen LogP contribution in [0.3, 0.4) is 0 Å². The lowest BCUT2D eigenvalue weighted by Gasteiger charge is -2.26. The monoisotopic (exact) mass is 593 g/mol. The van der Waals surface area contributed by atoms with Gasteiger partial charge in [-0.15, -0.1) is 0 Å². The summed E-state index contributed by atoms with van der Waals surface area (Å²) in [6.45, 7) is 0. The van der Waals surface area contributed by atoms with Crippen LogP contribution in [-0.2, 0) is 0 Å². The lowest BCUT2D eigenvalue weighted by atomic mass is 10.1. The molecule has 0 bridgehead atoms. The van der Waals surface area contributed by atoms with Crippen molar-refractivity contribution in [3.8, 4) is 11.4 Å². The van der Waals surface area contributed by atoms with Crippen LogP contribution in [-0.4, -0.2) is 9.13 Å². The molecular weight excluding hydrogens is 565 g/mol. The Balaban J connectivity index is 1.32. The van der Waals surface area contributed by atoms with Crippen molar-refractivity contribution in [1.29, 1.82) is 0 Å². The second-order valence-corrected chi connectivity index (χ2v) is 11.6. The number of fused-ring (bicyclic) bond motifs is 6. The van der Waals surface area contributed by atoms with Crippen molar-refractivity contribution in [2.45, 2.75) is 0 Å². The molecule has 0 aliphatic carbocycles. The molecule has 0 saturated carbocycles. The summed E-state index contributed by atoms with van der Waals surface area (Å²) in [5, 5.41) is 4.72. The van der Waals surface area contributed by atoms with E-state index in [-0.39, 0.29) is 5.82 Å². The van der Waals surface area contributed by atoms with Crippen LogP contribution in [0.4, 0.5) is 21.5 Å². The van der Waals surface area contributed by atoms with Crippen LogP contribution in [0.25, 0.3) is 55.0 Å². The van der Waals surface area contributed by atoms with E-state index < -0.39 is 0 Å². The van der Waals surface area contributed by atoms with E-state index in [4.69, 9.17) is 0 Å². The van der Waals surface area contributed by atoms with E-state index in [9.17, 15) is 4.39 Å². The van der Waals surface area contributed by atoms with Crippen LogP contribution in [0, 0.1) is 5.82 Å². The van der Waals surface area contributed by atoms with Gasteiger partial charge in [0.25, 0.3) is 0 Å². The van der Waals surface area contributed by atoms with Crippen LogP contribution in [0.2, 0.25) is 0 Å². The summed E-state index contributed by atoms with van der Waals surface area (Å²) in [7, 11) is 0. The SMILES string of the molecule is Fc1cccc(N(c2ccc3c4ccccc4n(-c4ccccc4)c3c2)c2ccc3c4ccccc4n(-c4ccccc4)c3c2)c1. The summed E-state index contributed by atoms with van der Waals surface area (Å²) in [5.74, 6) is -0.276. The molecule has 218 valence electrons. The molecule has 0 amide bonds. The van der Waals surface area contributed by atoms with E-state index in [1.165, 1.54) is 27.6 Å². The van der Waals surface area contributed by atoms with Gasteiger partial charge in [-0.1, -0.05) is 91.0 Å². The Kier molecular flexibility index (Phi) is 6.00. The molecule has 2 aromatic heterocycles. The summed E-state index contributed by atoms with van der Waals surface area (Å²) in [4.78, 5) is 2.15. The van der Waals surface area contributed by atoms with Crippen molar-refractivity contribution in [2.75, 3.05) is 4.90 Å². The Morgan fingerprint density at radius 3 is 1.28 bits per heavy atom. The number of aromatic nitrogens is 2. The third-order valence-electron chi connectivity index (χ3n) is 8.93. The van der Waals surface area contributed by atoms with Gasteiger partial charge in [-0.05, 0) is 78.9 Å². The van der Waals surface area contributed by atoms with Gasteiger partial charge in [-0.3, -0.25) is 0 Å². The maximum atomic E-state index is 14.9. The van der Waals surface area contributed by atoms with E-state index in [0.29, 0.717) is 0 Å². The Morgan fingerprint density at radius 1 is 0.348 bits per heavy atom. The zero-order chi connectivity index (χ0) is 30.6. The van der Waals surface area contributed by atoms with E-state index in [1.807, 2.05) is 18.2 Å². The van der Waals surface area contributed by atoms with Crippen LogP contribution in [0.5, 0.6) is 0 Å². The molecule has 0 aliphatic heterocycles. The standard InChI is InChI=1S/C42H28FN3/c43-29-12-11-17-32(26-29)44(33-22-24-37-35-18-7-9-20-39(35)45(41(37)27-33)30-13-3-1-4-14-30)34-23-25-38-36-19-8-10-21-40(36)46(42(38)28-34)31-15-5-2-6-16-31/h1-28H. The largest absolute Gasteiger partial charge is 0.310 e. The fraction of sp³-hybridized carbons (Fsp3) is 0. The third-order valence-corrected chi connectivity index (χ3v) is 8.93. The molecule has 2 heterocycles. The van der Waals surface area contributed by atoms with E-state index in [1.54, 1.807) is 12.1 Å². The van der Waals surface area contributed by atoms with Crippen LogP contribution in [0.15, 0.2) is 170 Å². The minimum absolute atomic E-state index is 0.276. The van der Waals surface area contributed by atoms with Crippen molar-refractivity contribution in [3.63, 3.8) is 0 Å². The van der Waals surface area contributed by atoms with Gasteiger partial charge in [-0.2, -0.15) is 0 Å². The third kappa shape index (κ3) is 4.11. The van der Waals surface area contributed by atoms with Crippen molar-refractivity contribution in [1.82, 2.24) is 9.13 Å². The first-order chi connectivity index (χ1) is 22.7. The summed E-state index contributed by atoms with van der Waals surface area (Å²) in [6, 6.07) is 57.9. The molecule has 0 spiro atoms. The Labute approximate surface area is 265 Å². The highest BCUT2D eigenvalue weighted by Gasteiger charge is 2.20. The quantitative estimate of drug-likeness (QED) is 0.193. The molecule has 9 aromatic rings. The summed E-state index contributed by atoms with van der Waals surface area (Å²) in [6.07, 6.45) is 0. The predicted octanol–water partition coefficient (Wildman–Crippen LogP) is 11.5. The lowest BCUT2D eigenvalue weighted by Crippen LogP contribution is -2.10. The molecule has 46 heavy (non-hydrogen) atoms. The molecule has 0 fully saturated rings. The van der Waals surface area contributed by atoms with Crippen molar-refractivity contribution in [2.24, 2.45) is 0 Å². The van der Waals surface area contributed by atoms with Gasteiger partial charge >= 0.3 is 0 Å². The van der Waals surface area contributed by atoms with Crippen molar-refractivity contribution >= 4 is 60.7 Å². The van der Waals surface area contributed by atoms with E-state index in [0.717, 1.165) is 50.5 Å². The lowest BCUT2D eigenvalue weighted by molar-refractivity contribution is 0.628. The number of benzene rings is 7. The molecule has 0 aliphatic rings. The molecule has 3 nitrogen and oxygen atoms in total. The summed E-state index contributed by atoms with van der Waals surface area (Å²) >= 11 is 0. The second-order valence-electron chi connectivity index (χ2n) is 11.6. The minimum Gasteiger partial charge on any atom is -0.310 e. The number of hydrogen-bond donors (Lipinski definition) is 0. The molecule has 0 unspecified atom stereocenters. The maximum absolute atomic E-state index is 14.9. The second kappa shape index (κ2) is 10.5. The van der Waals surface area contributed by atoms with Crippen LogP contribution >= 0.6 is 0 Å². The highest BCUT2D eigenvalue weighted by atomic mass is 19.1. The highest BCUT2D eigenvalue weighted by molar-refractivity contribution is 6.12. The maximum Gasteiger partial charge on any atom is 0.125 e. The van der Waals surface area contributed by atoms with Gasteiger partial charge in [-0.25, -0.2) is 4.39 Å². The van der Waals surface area contributed by atoms with Crippen molar-refractivity contribution in [3.05, 3.63) is 176 Å². The molecule has 0 radical (unpaired) electrons. The fourth-order valence-corrected chi connectivity index (χ4v) is 6.97. The minimum atomic E-state index is -0.276. The van der Waals surface area contributed by atoms with Gasteiger partial charge in [0, 0.05) is 50.0 Å². The molecule has 7 aromatic carbocycles. The zero-order valence-electron chi connectivity index (χ0n) is 24.9. The molecule has 0 N–H and O–H groups in total. The number of anilines is 3. The number of para-hydroxylation sites is 4. The average Bonchev–Trinajstić information content (AvgIpc) is 3.61. The summed E-state index contributed by atoms with van der Waals surface area (Å²) in [5.41, 5.74) is 9.30. The Morgan fingerprint density at radius 2 is 0.783 bits per heavy atom. The van der Waals surface area contributed by atoms with Gasteiger partial charge in [0.2, 0.25) is 0 Å². The molecular formula is C42H28FN3. The predicted molar refractivity (Wildman–Crippen MR) is 190 cm³/mol. The van der Waals surface area contributed by atoms with Crippen LogP contribution in [0.1, 0.15) is 0 Å². The molecule has 0 atom stereocenters.